The Morgan fingerprint density at radius 1 is 1.33 bits per heavy atom. The highest BCUT2D eigenvalue weighted by atomic mass is 35.5. The summed E-state index contributed by atoms with van der Waals surface area (Å²) in [5.41, 5.74) is 0. The van der Waals surface area contributed by atoms with Gasteiger partial charge in [-0.25, -0.2) is 4.39 Å². The molecule has 0 saturated heterocycles. The summed E-state index contributed by atoms with van der Waals surface area (Å²) in [6, 6.07) is 3.48. The van der Waals surface area contributed by atoms with Gasteiger partial charge in [-0.1, -0.05) is 37.3 Å². The van der Waals surface area contributed by atoms with Crippen molar-refractivity contribution >= 4 is 24.9 Å². The van der Waals surface area contributed by atoms with Crippen molar-refractivity contribution in [2.24, 2.45) is 0 Å². The molecule has 0 unspecified atom stereocenters. The normalized spacial score (nSPS) is 11.6. The predicted octanol–water partition coefficient (Wildman–Crippen LogP) is 3.42. The van der Waals surface area contributed by atoms with Crippen LogP contribution in [0.5, 0.6) is 5.75 Å². The van der Waals surface area contributed by atoms with Gasteiger partial charge in [0.2, 0.25) is 0 Å². The van der Waals surface area contributed by atoms with Gasteiger partial charge in [-0.05, 0) is 18.2 Å². The molecule has 0 aliphatic heterocycles. The molecule has 0 fully saturated rings. The third kappa shape index (κ3) is 2.73. The summed E-state index contributed by atoms with van der Waals surface area (Å²) in [5, 5.41) is 1.10. The van der Waals surface area contributed by atoms with Crippen molar-refractivity contribution in [2.45, 2.75) is 26.6 Å². The molecular formula is C11H16ClFOSi. The van der Waals surface area contributed by atoms with E-state index in [1.165, 1.54) is 0 Å². The van der Waals surface area contributed by atoms with E-state index in [-0.39, 0.29) is 11.6 Å². The second-order valence-electron chi connectivity index (χ2n) is 4.42. The number of halogens is 2. The lowest BCUT2D eigenvalue weighted by Crippen LogP contribution is -2.40. The Labute approximate surface area is 96.2 Å². The first kappa shape index (κ1) is 12.5. The Morgan fingerprint density at radius 2 is 1.93 bits per heavy atom. The third-order valence-electron chi connectivity index (χ3n) is 2.15. The van der Waals surface area contributed by atoms with E-state index in [0.29, 0.717) is 11.6 Å². The van der Waals surface area contributed by atoms with Crippen LogP contribution in [0.1, 0.15) is 6.92 Å². The van der Waals surface area contributed by atoms with Crippen molar-refractivity contribution in [3.05, 3.63) is 23.0 Å². The van der Waals surface area contributed by atoms with Crippen molar-refractivity contribution in [3.63, 3.8) is 0 Å². The van der Waals surface area contributed by atoms with E-state index >= 15 is 0 Å². The molecule has 1 aromatic carbocycles. The molecule has 0 saturated carbocycles. The van der Waals surface area contributed by atoms with E-state index in [0.717, 1.165) is 5.19 Å². The van der Waals surface area contributed by atoms with Gasteiger partial charge in [0, 0.05) is 0 Å². The van der Waals surface area contributed by atoms with Crippen LogP contribution in [0.25, 0.3) is 0 Å². The Kier molecular flexibility index (Phi) is 3.79. The first-order chi connectivity index (χ1) is 6.88. The van der Waals surface area contributed by atoms with Gasteiger partial charge >= 0.3 is 0 Å². The topological polar surface area (TPSA) is 9.23 Å². The second kappa shape index (κ2) is 4.54. The van der Waals surface area contributed by atoms with Gasteiger partial charge < -0.3 is 4.74 Å². The zero-order chi connectivity index (χ0) is 11.6. The Hall–Kier alpha value is -0.543. The first-order valence-corrected chi connectivity index (χ1v) is 8.87. The average molecular weight is 247 g/mol. The van der Waals surface area contributed by atoms with E-state index < -0.39 is 8.07 Å². The highest BCUT2D eigenvalue weighted by molar-refractivity contribution is 6.88. The molecule has 15 heavy (non-hydrogen) atoms. The maximum absolute atomic E-state index is 14.0. The van der Waals surface area contributed by atoms with Gasteiger partial charge in [0.1, 0.15) is 0 Å². The molecule has 0 bridgehead atoms. The molecule has 1 nitrogen and oxygen atoms in total. The number of rotatable bonds is 3. The highest BCUT2D eigenvalue weighted by Gasteiger charge is 2.24. The lowest BCUT2D eigenvalue weighted by molar-refractivity contribution is 0.323. The van der Waals surface area contributed by atoms with Gasteiger partial charge in [0.25, 0.3) is 0 Å². The Morgan fingerprint density at radius 3 is 2.40 bits per heavy atom. The summed E-state index contributed by atoms with van der Waals surface area (Å²) in [7, 11) is -1.67. The van der Waals surface area contributed by atoms with Gasteiger partial charge in [-0.15, -0.1) is 0 Å². The number of benzene rings is 1. The van der Waals surface area contributed by atoms with Gasteiger partial charge in [-0.2, -0.15) is 0 Å². The molecule has 0 amide bonds. The molecule has 0 atom stereocenters. The maximum atomic E-state index is 14.0. The summed E-state index contributed by atoms with van der Waals surface area (Å²) >= 11 is 5.88. The lowest BCUT2D eigenvalue weighted by Gasteiger charge is -2.19. The van der Waals surface area contributed by atoms with E-state index in [4.69, 9.17) is 16.3 Å². The molecule has 1 rings (SSSR count). The van der Waals surface area contributed by atoms with Gasteiger partial charge in [0.15, 0.2) is 11.6 Å². The molecule has 4 heteroatoms. The third-order valence-corrected chi connectivity index (χ3v) is 4.45. The van der Waals surface area contributed by atoms with Crippen LogP contribution < -0.4 is 9.92 Å². The fourth-order valence-corrected chi connectivity index (χ4v) is 2.94. The van der Waals surface area contributed by atoms with Crippen LogP contribution in [0.4, 0.5) is 4.39 Å². The van der Waals surface area contributed by atoms with E-state index in [2.05, 4.69) is 19.6 Å². The van der Waals surface area contributed by atoms with Crippen LogP contribution in [0.15, 0.2) is 12.1 Å². The molecule has 0 radical (unpaired) electrons. The summed E-state index contributed by atoms with van der Waals surface area (Å²) in [4.78, 5) is 0. The molecule has 84 valence electrons. The van der Waals surface area contributed by atoms with Crippen molar-refractivity contribution < 1.29 is 9.13 Å². The van der Waals surface area contributed by atoms with Crippen LogP contribution in [0.3, 0.4) is 0 Å². The molecule has 0 spiro atoms. The number of hydrogen-bond donors (Lipinski definition) is 0. The largest absolute Gasteiger partial charge is 0.489 e. The van der Waals surface area contributed by atoms with Crippen LogP contribution in [0.2, 0.25) is 24.7 Å². The molecule has 0 aliphatic carbocycles. The smallest absolute Gasteiger partial charge is 0.173 e. The van der Waals surface area contributed by atoms with Crippen molar-refractivity contribution in [2.75, 3.05) is 6.61 Å². The Bertz CT molecular complexity index is 360. The second-order valence-corrected chi connectivity index (χ2v) is 9.87. The molecule has 0 aliphatic rings. The van der Waals surface area contributed by atoms with Crippen LogP contribution >= 0.6 is 11.6 Å². The first-order valence-electron chi connectivity index (χ1n) is 4.99. The number of ether oxygens (including phenoxy) is 1. The minimum Gasteiger partial charge on any atom is -0.489 e. The fraction of sp³-hybridized carbons (Fsp3) is 0.455. The minimum atomic E-state index is -1.67. The van der Waals surface area contributed by atoms with E-state index in [1.54, 1.807) is 12.1 Å². The quantitative estimate of drug-likeness (QED) is 0.743. The zero-order valence-corrected chi connectivity index (χ0v) is 11.3. The predicted molar refractivity (Wildman–Crippen MR) is 65.6 cm³/mol. The monoisotopic (exact) mass is 246 g/mol. The summed E-state index contributed by atoms with van der Waals surface area (Å²) < 4.78 is 19.3. The van der Waals surface area contributed by atoms with Gasteiger partial charge in [0.05, 0.1) is 19.7 Å². The molecular weight excluding hydrogens is 231 g/mol. The van der Waals surface area contributed by atoms with E-state index in [9.17, 15) is 4.39 Å². The molecule has 0 N–H and O–H groups in total. The van der Waals surface area contributed by atoms with Crippen molar-refractivity contribution in [1.82, 2.24) is 0 Å². The standard InChI is InChI=1S/C11H16ClFOSi/c1-5-14-11-8(12)6-7-9(10(11)13)15(2,3)4/h6-7H,5H2,1-4H3. The summed E-state index contributed by atoms with van der Waals surface area (Å²) in [6.45, 7) is 8.52. The van der Waals surface area contributed by atoms with Crippen LogP contribution in [-0.4, -0.2) is 14.7 Å². The van der Waals surface area contributed by atoms with E-state index in [1.807, 2.05) is 6.92 Å². The SMILES string of the molecule is CCOc1c(Cl)ccc([Si](C)(C)C)c1F. The molecule has 0 aromatic heterocycles. The van der Waals surface area contributed by atoms with Crippen molar-refractivity contribution in [3.8, 4) is 5.75 Å². The van der Waals surface area contributed by atoms with Crippen LogP contribution in [0, 0.1) is 5.82 Å². The van der Waals surface area contributed by atoms with Gasteiger partial charge in [-0.3, -0.25) is 0 Å². The summed E-state index contributed by atoms with van der Waals surface area (Å²) in [6.07, 6.45) is 0. The summed E-state index contributed by atoms with van der Waals surface area (Å²) in [5.74, 6) is -0.0948. The van der Waals surface area contributed by atoms with Crippen LogP contribution in [-0.2, 0) is 0 Å². The maximum Gasteiger partial charge on any atom is 0.173 e. The number of hydrogen-bond acceptors (Lipinski definition) is 1. The average Bonchev–Trinajstić information content (AvgIpc) is 2.09. The minimum absolute atomic E-state index is 0.194. The lowest BCUT2D eigenvalue weighted by atomic mass is 10.3. The highest BCUT2D eigenvalue weighted by Crippen LogP contribution is 2.27. The van der Waals surface area contributed by atoms with Crippen molar-refractivity contribution in [1.29, 1.82) is 0 Å². The molecule has 0 heterocycles. The zero-order valence-electron chi connectivity index (χ0n) is 9.53. The molecule has 1 aromatic rings. The Balaban J connectivity index is 3.28. The fourth-order valence-electron chi connectivity index (χ4n) is 1.39.